The van der Waals surface area contributed by atoms with Gasteiger partial charge in [-0.1, -0.05) is 0 Å². The van der Waals surface area contributed by atoms with Gasteiger partial charge in [-0.15, -0.1) is 0 Å². The molecule has 0 atom stereocenters. The van der Waals surface area contributed by atoms with E-state index in [1.807, 2.05) is 6.92 Å². The van der Waals surface area contributed by atoms with Crippen LogP contribution in [0, 0.1) is 0 Å². The highest BCUT2D eigenvalue weighted by molar-refractivity contribution is 5.85. The molecule has 1 aromatic heterocycles. The van der Waals surface area contributed by atoms with Gasteiger partial charge in [0.25, 0.3) is 0 Å². The van der Waals surface area contributed by atoms with Crippen molar-refractivity contribution in [2.24, 2.45) is 0 Å². The quantitative estimate of drug-likeness (QED) is 0.805. The maximum atomic E-state index is 10.7. The van der Waals surface area contributed by atoms with Gasteiger partial charge < -0.3 is 15.1 Å². The van der Waals surface area contributed by atoms with Gasteiger partial charge in [-0.3, -0.25) is 0 Å². The van der Waals surface area contributed by atoms with E-state index in [1.54, 1.807) is 12.3 Å². The largest absolute Gasteiger partial charge is 0.477 e. The van der Waals surface area contributed by atoms with Crippen LogP contribution in [-0.4, -0.2) is 39.9 Å². The summed E-state index contributed by atoms with van der Waals surface area (Å²) in [6.07, 6.45) is 3.00. The first-order valence-electron chi connectivity index (χ1n) is 5.65. The number of aromatic carboxylic acids is 1. The van der Waals surface area contributed by atoms with Gasteiger partial charge in [0.05, 0.1) is 17.5 Å². The summed E-state index contributed by atoms with van der Waals surface area (Å²) in [6, 6.07) is 3.26. The van der Waals surface area contributed by atoms with E-state index in [-0.39, 0.29) is 5.69 Å². The highest BCUT2D eigenvalue weighted by atomic mass is 16.4. The molecule has 2 heterocycles. The lowest BCUT2D eigenvalue weighted by atomic mass is 9.94. The Morgan fingerprint density at radius 3 is 2.53 bits per heavy atom. The summed E-state index contributed by atoms with van der Waals surface area (Å²) < 4.78 is 0. The van der Waals surface area contributed by atoms with E-state index in [2.05, 4.69) is 9.88 Å². The lowest BCUT2D eigenvalue weighted by molar-refractivity contribution is 0.0351. The van der Waals surface area contributed by atoms with Crippen LogP contribution in [0.3, 0.4) is 0 Å². The topological polar surface area (TPSA) is 73.7 Å². The van der Waals surface area contributed by atoms with Gasteiger partial charge in [0.2, 0.25) is 0 Å². The van der Waals surface area contributed by atoms with Gasteiger partial charge in [-0.2, -0.15) is 0 Å². The Morgan fingerprint density at radius 2 is 2.06 bits per heavy atom. The van der Waals surface area contributed by atoms with Crippen molar-refractivity contribution in [2.75, 3.05) is 18.0 Å². The molecule has 0 bridgehead atoms. The molecule has 0 amide bonds. The van der Waals surface area contributed by atoms with E-state index in [0.717, 1.165) is 18.8 Å². The van der Waals surface area contributed by atoms with E-state index in [0.29, 0.717) is 12.8 Å². The summed E-state index contributed by atoms with van der Waals surface area (Å²) in [4.78, 5) is 16.7. The maximum absolute atomic E-state index is 10.7. The zero-order valence-corrected chi connectivity index (χ0v) is 9.76. The first-order chi connectivity index (χ1) is 7.98. The van der Waals surface area contributed by atoms with E-state index >= 15 is 0 Å². The first kappa shape index (κ1) is 11.9. The molecule has 17 heavy (non-hydrogen) atoms. The van der Waals surface area contributed by atoms with Crippen LogP contribution >= 0.6 is 0 Å². The number of hydrogen-bond acceptors (Lipinski definition) is 4. The molecule has 0 aliphatic carbocycles. The molecule has 0 aromatic carbocycles. The van der Waals surface area contributed by atoms with Gasteiger partial charge in [-0.05, 0) is 31.9 Å². The zero-order chi connectivity index (χ0) is 12.5. The molecule has 0 saturated carbocycles. The number of carboxylic acid groups (broad SMARTS) is 1. The summed E-state index contributed by atoms with van der Waals surface area (Å²) >= 11 is 0. The monoisotopic (exact) mass is 236 g/mol. The summed E-state index contributed by atoms with van der Waals surface area (Å²) in [6.45, 7) is 3.37. The summed E-state index contributed by atoms with van der Waals surface area (Å²) in [5.74, 6) is -1.02. The Balaban J connectivity index is 2.06. The fraction of sp³-hybridized carbons (Fsp3) is 0.500. The summed E-state index contributed by atoms with van der Waals surface area (Å²) in [5, 5.41) is 18.6. The second kappa shape index (κ2) is 4.33. The number of hydrogen-bond donors (Lipinski definition) is 2. The van der Waals surface area contributed by atoms with Crippen LogP contribution < -0.4 is 4.90 Å². The van der Waals surface area contributed by atoms with Crippen molar-refractivity contribution in [3.05, 3.63) is 24.0 Å². The molecule has 1 aromatic rings. The average Bonchev–Trinajstić information content (AvgIpc) is 2.29. The number of piperidine rings is 1. The zero-order valence-electron chi connectivity index (χ0n) is 9.76. The standard InChI is InChI=1S/C12H16N2O3/c1-12(17)4-6-14(7-5-12)9-2-3-10(11(15)16)13-8-9/h2-3,8,17H,4-7H2,1H3,(H,15,16). The number of rotatable bonds is 2. The Hall–Kier alpha value is -1.62. The first-order valence-corrected chi connectivity index (χ1v) is 5.65. The van der Waals surface area contributed by atoms with E-state index in [4.69, 9.17) is 5.11 Å². The molecule has 0 radical (unpaired) electrons. The molecule has 1 saturated heterocycles. The molecule has 1 aliphatic heterocycles. The number of aliphatic hydroxyl groups is 1. The van der Waals surface area contributed by atoms with Crippen LogP contribution in [0.15, 0.2) is 18.3 Å². The SMILES string of the molecule is CC1(O)CCN(c2ccc(C(=O)O)nc2)CC1. The number of carbonyl (C=O) groups is 1. The van der Waals surface area contributed by atoms with E-state index in [9.17, 15) is 9.90 Å². The van der Waals surface area contributed by atoms with Gasteiger partial charge in [-0.25, -0.2) is 9.78 Å². The summed E-state index contributed by atoms with van der Waals surface area (Å²) in [7, 11) is 0. The van der Waals surface area contributed by atoms with Crippen molar-refractivity contribution in [1.82, 2.24) is 4.98 Å². The van der Waals surface area contributed by atoms with Crippen molar-refractivity contribution in [2.45, 2.75) is 25.4 Å². The second-order valence-electron chi connectivity index (χ2n) is 4.69. The third kappa shape index (κ3) is 2.74. The minimum atomic E-state index is -1.02. The molecule has 0 unspecified atom stereocenters. The van der Waals surface area contributed by atoms with Crippen molar-refractivity contribution in [1.29, 1.82) is 0 Å². The molecule has 0 spiro atoms. The molecule has 2 rings (SSSR count). The molecule has 92 valence electrons. The lowest BCUT2D eigenvalue weighted by Gasteiger charge is -2.36. The highest BCUT2D eigenvalue weighted by Gasteiger charge is 2.27. The average molecular weight is 236 g/mol. The van der Waals surface area contributed by atoms with Crippen LogP contribution in [0.25, 0.3) is 0 Å². The van der Waals surface area contributed by atoms with Gasteiger partial charge in [0.15, 0.2) is 0 Å². The van der Waals surface area contributed by atoms with Crippen LogP contribution in [-0.2, 0) is 0 Å². The second-order valence-corrected chi connectivity index (χ2v) is 4.69. The molecular weight excluding hydrogens is 220 g/mol. The molecular formula is C12H16N2O3. The van der Waals surface area contributed by atoms with Crippen molar-refractivity contribution in [3.8, 4) is 0 Å². The fourth-order valence-electron chi connectivity index (χ4n) is 1.95. The van der Waals surface area contributed by atoms with Crippen LogP contribution in [0.5, 0.6) is 0 Å². The van der Waals surface area contributed by atoms with Gasteiger partial charge in [0.1, 0.15) is 5.69 Å². The third-order valence-corrected chi connectivity index (χ3v) is 3.17. The normalized spacial score (nSPS) is 19.1. The third-order valence-electron chi connectivity index (χ3n) is 3.17. The number of anilines is 1. The number of aromatic nitrogens is 1. The van der Waals surface area contributed by atoms with Crippen molar-refractivity contribution in [3.63, 3.8) is 0 Å². The fourth-order valence-corrected chi connectivity index (χ4v) is 1.95. The number of carboxylic acids is 1. The minimum Gasteiger partial charge on any atom is -0.477 e. The predicted octanol–water partition coefficient (Wildman–Crippen LogP) is 1.13. The summed E-state index contributed by atoms with van der Waals surface area (Å²) in [5.41, 5.74) is 0.383. The lowest BCUT2D eigenvalue weighted by Crippen LogP contribution is -2.42. The highest BCUT2D eigenvalue weighted by Crippen LogP contribution is 2.25. The van der Waals surface area contributed by atoms with E-state index < -0.39 is 11.6 Å². The van der Waals surface area contributed by atoms with Crippen molar-refractivity contribution >= 4 is 11.7 Å². The Morgan fingerprint density at radius 1 is 1.41 bits per heavy atom. The Bertz CT molecular complexity index is 404. The van der Waals surface area contributed by atoms with Crippen molar-refractivity contribution < 1.29 is 15.0 Å². The maximum Gasteiger partial charge on any atom is 0.354 e. The molecule has 5 nitrogen and oxygen atoms in total. The number of nitrogens with zero attached hydrogens (tertiary/aromatic N) is 2. The Labute approximate surface area is 99.7 Å². The number of pyridine rings is 1. The Kier molecular flexibility index (Phi) is 3.02. The minimum absolute atomic E-state index is 0.0535. The van der Waals surface area contributed by atoms with Crippen LogP contribution in [0.2, 0.25) is 0 Å². The van der Waals surface area contributed by atoms with Crippen LogP contribution in [0.4, 0.5) is 5.69 Å². The molecule has 5 heteroatoms. The molecule has 1 fully saturated rings. The molecule has 2 N–H and O–H groups in total. The van der Waals surface area contributed by atoms with E-state index in [1.165, 1.54) is 6.07 Å². The van der Waals surface area contributed by atoms with Gasteiger partial charge >= 0.3 is 5.97 Å². The van der Waals surface area contributed by atoms with Gasteiger partial charge in [0, 0.05) is 13.1 Å². The smallest absolute Gasteiger partial charge is 0.354 e. The molecule has 1 aliphatic rings. The van der Waals surface area contributed by atoms with Crippen LogP contribution in [0.1, 0.15) is 30.3 Å². The predicted molar refractivity (Wildman–Crippen MR) is 63.3 cm³/mol.